The number of rotatable bonds is 7. The first-order valence-corrected chi connectivity index (χ1v) is 12.5. The van der Waals surface area contributed by atoms with Crippen molar-refractivity contribution in [1.82, 2.24) is 15.0 Å². The van der Waals surface area contributed by atoms with Gasteiger partial charge in [-0.1, -0.05) is 49.2 Å². The van der Waals surface area contributed by atoms with E-state index in [9.17, 15) is 9.59 Å². The molecule has 0 radical (unpaired) electrons. The van der Waals surface area contributed by atoms with E-state index in [0.29, 0.717) is 28.1 Å². The molecule has 10 nitrogen and oxygen atoms in total. The zero-order valence-corrected chi connectivity index (χ0v) is 23.0. The summed E-state index contributed by atoms with van der Waals surface area (Å²) in [4.78, 5) is 44.9. The zero-order valence-electron chi connectivity index (χ0n) is 21.5. The molecule has 1 amide bonds. The first-order valence-electron chi connectivity index (χ1n) is 11.8. The number of aromatic nitrogens is 3. The lowest BCUT2D eigenvalue weighted by Crippen LogP contribution is -2.32. The Bertz CT molecular complexity index is 1470. The molecule has 2 atom stereocenters. The summed E-state index contributed by atoms with van der Waals surface area (Å²) in [5.74, 6) is -0.716. The largest absolute Gasteiger partial charge is 0.479 e. The highest BCUT2D eigenvalue weighted by Crippen LogP contribution is 2.43. The van der Waals surface area contributed by atoms with Gasteiger partial charge in [0, 0.05) is 31.0 Å². The maximum absolute atomic E-state index is 13.6. The molecular formula is C26H27Cl2N7O3. The topological polar surface area (TPSA) is 128 Å². The molecule has 0 aliphatic carbocycles. The van der Waals surface area contributed by atoms with E-state index in [-0.39, 0.29) is 22.5 Å². The molecule has 1 aliphatic rings. The number of nitrogens with one attached hydrogen (secondary N) is 2. The highest BCUT2D eigenvalue weighted by atomic mass is 35.5. The van der Waals surface area contributed by atoms with Gasteiger partial charge in [0.15, 0.2) is 0 Å². The maximum atomic E-state index is 13.6. The van der Waals surface area contributed by atoms with Crippen molar-refractivity contribution in [3.05, 3.63) is 68.7 Å². The summed E-state index contributed by atoms with van der Waals surface area (Å²) < 4.78 is 5.49. The Hall–Kier alpha value is -3.76. The number of anilines is 2. The lowest BCUT2D eigenvalue weighted by atomic mass is 9.83. The van der Waals surface area contributed by atoms with E-state index in [4.69, 9.17) is 38.3 Å². The molecule has 1 aromatic carbocycles. The maximum Gasteiger partial charge on any atom is 0.273 e. The Morgan fingerprint density at radius 1 is 1.21 bits per heavy atom. The average Bonchev–Trinajstić information content (AvgIpc) is 3.14. The number of pyridine rings is 1. The second-order valence-electron chi connectivity index (χ2n) is 9.25. The number of halogens is 2. The normalized spacial score (nSPS) is 17.9. The molecule has 0 spiro atoms. The summed E-state index contributed by atoms with van der Waals surface area (Å²) in [5, 5.41) is 9.38. The molecule has 12 heteroatoms. The SMILES string of the molecule is COc1nc(N(C)C)ncc1N=C(C(C)C)C1C(=N)C(=O)N(c2c[nH]c(=O)c(Cl)c2)C1c1ccc(Cl)cc1. The van der Waals surface area contributed by atoms with Crippen LogP contribution in [0, 0.1) is 17.2 Å². The van der Waals surface area contributed by atoms with Crippen molar-refractivity contribution in [3.63, 3.8) is 0 Å². The number of methoxy groups -OCH3 is 1. The Labute approximate surface area is 229 Å². The number of nitrogens with zero attached hydrogens (tertiary/aromatic N) is 5. The molecule has 38 heavy (non-hydrogen) atoms. The van der Waals surface area contributed by atoms with Gasteiger partial charge < -0.3 is 14.6 Å². The van der Waals surface area contributed by atoms with E-state index in [1.165, 1.54) is 24.3 Å². The van der Waals surface area contributed by atoms with Crippen LogP contribution < -0.4 is 20.1 Å². The minimum Gasteiger partial charge on any atom is -0.479 e. The summed E-state index contributed by atoms with van der Waals surface area (Å²) in [6.07, 6.45) is 2.97. The quantitative estimate of drug-likeness (QED) is 0.406. The van der Waals surface area contributed by atoms with E-state index in [0.717, 1.165) is 5.56 Å². The summed E-state index contributed by atoms with van der Waals surface area (Å²) >= 11 is 12.3. The monoisotopic (exact) mass is 555 g/mol. The van der Waals surface area contributed by atoms with Gasteiger partial charge in [0.25, 0.3) is 11.5 Å². The van der Waals surface area contributed by atoms with E-state index < -0.39 is 23.4 Å². The lowest BCUT2D eigenvalue weighted by molar-refractivity contribution is -0.112. The highest BCUT2D eigenvalue weighted by molar-refractivity contribution is 6.49. The molecule has 1 fully saturated rings. The number of aromatic amines is 1. The van der Waals surface area contributed by atoms with Crippen molar-refractivity contribution in [2.45, 2.75) is 19.9 Å². The van der Waals surface area contributed by atoms with E-state index in [2.05, 4.69) is 15.0 Å². The fourth-order valence-electron chi connectivity index (χ4n) is 4.36. The van der Waals surface area contributed by atoms with Gasteiger partial charge in [-0.3, -0.25) is 19.9 Å². The summed E-state index contributed by atoms with van der Waals surface area (Å²) in [6, 6.07) is 7.81. The van der Waals surface area contributed by atoms with Crippen LogP contribution in [0.4, 0.5) is 17.3 Å². The molecule has 1 aliphatic heterocycles. The van der Waals surface area contributed by atoms with Crippen molar-refractivity contribution in [3.8, 4) is 5.88 Å². The molecule has 4 rings (SSSR count). The van der Waals surface area contributed by atoms with Crippen LogP contribution in [0.15, 0.2) is 52.5 Å². The fraction of sp³-hybridized carbons (Fsp3) is 0.308. The Morgan fingerprint density at radius 3 is 2.47 bits per heavy atom. The summed E-state index contributed by atoms with van der Waals surface area (Å²) in [6.45, 7) is 3.88. The van der Waals surface area contributed by atoms with Gasteiger partial charge in [-0.05, 0) is 29.7 Å². The van der Waals surface area contributed by atoms with Crippen molar-refractivity contribution < 1.29 is 9.53 Å². The molecule has 3 heterocycles. The second kappa shape index (κ2) is 10.9. The number of hydrogen-bond acceptors (Lipinski definition) is 8. The lowest BCUT2D eigenvalue weighted by Gasteiger charge is -2.30. The smallest absolute Gasteiger partial charge is 0.273 e. The molecule has 2 N–H and O–H groups in total. The van der Waals surface area contributed by atoms with Crippen LogP contribution in [0.25, 0.3) is 0 Å². The Morgan fingerprint density at radius 2 is 1.89 bits per heavy atom. The molecule has 0 saturated carbocycles. The number of aliphatic imine (C=N–C) groups is 1. The summed E-state index contributed by atoms with van der Waals surface area (Å²) in [7, 11) is 5.13. The first-order chi connectivity index (χ1) is 18.0. The van der Waals surface area contributed by atoms with Gasteiger partial charge in [-0.25, -0.2) is 9.98 Å². The van der Waals surface area contributed by atoms with Crippen molar-refractivity contribution in [2.75, 3.05) is 31.0 Å². The first kappa shape index (κ1) is 27.3. The number of carbonyl (C=O) groups is 1. The molecular weight excluding hydrogens is 529 g/mol. The van der Waals surface area contributed by atoms with E-state index >= 15 is 0 Å². The van der Waals surface area contributed by atoms with Crippen molar-refractivity contribution in [1.29, 1.82) is 5.41 Å². The molecule has 0 bridgehead atoms. The predicted molar refractivity (Wildman–Crippen MR) is 150 cm³/mol. The predicted octanol–water partition coefficient (Wildman–Crippen LogP) is 4.70. The van der Waals surface area contributed by atoms with Crippen LogP contribution in [0.5, 0.6) is 5.88 Å². The van der Waals surface area contributed by atoms with Crippen molar-refractivity contribution in [2.24, 2.45) is 16.8 Å². The third-order valence-electron chi connectivity index (χ3n) is 6.16. The Balaban J connectivity index is 1.92. The number of amides is 1. The number of benzene rings is 1. The van der Waals surface area contributed by atoms with Crippen LogP contribution in [0.3, 0.4) is 0 Å². The molecule has 198 valence electrons. The number of hydrogen-bond donors (Lipinski definition) is 2. The van der Waals surface area contributed by atoms with Crippen molar-refractivity contribution >= 4 is 57.9 Å². The minimum atomic E-state index is -0.743. The van der Waals surface area contributed by atoms with Gasteiger partial charge in [-0.2, -0.15) is 4.98 Å². The summed E-state index contributed by atoms with van der Waals surface area (Å²) in [5.41, 5.74) is 1.41. The molecule has 2 unspecified atom stereocenters. The van der Waals surface area contributed by atoms with E-state index in [1.54, 1.807) is 35.4 Å². The van der Waals surface area contributed by atoms with E-state index in [1.807, 2.05) is 27.9 Å². The van der Waals surface area contributed by atoms with Crippen LogP contribution in [0.1, 0.15) is 25.5 Å². The fourth-order valence-corrected chi connectivity index (χ4v) is 4.65. The van der Waals surface area contributed by atoms with Crippen LogP contribution in [-0.4, -0.2) is 53.5 Å². The molecule has 3 aromatic rings. The molecule has 1 saturated heterocycles. The second-order valence-corrected chi connectivity index (χ2v) is 10.1. The number of H-pyrrole nitrogens is 1. The van der Waals surface area contributed by atoms with Gasteiger partial charge >= 0.3 is 0 Å². The number of ether oxygens (including phenoxy) is 1. The van der Waals surface area contributed by atoms with Crippen LogP contribution >= 0.6 is 23.2 Å². The van der Waals surface area contributed by atoms with Gasteiger partial charge in [-0.15, -0.1) is 0 Å². The highest BCUT2D eigenvalue weighted by Gasteiger charge is 2.49. The minimum absolute atomic E-state index is 0.0687. The zero-order chi connectivity index (χ0) is 27.7. The standard InChI is InChI=1S/C26H27Cl2N7O3/c1-13(2)21(32-18-12-31-26(34(3)4)33-24(18)38-5)19-20(29)25(37)35(16-10-17(28)23(36)30-11-16)22(19)14-6-8-15(27)9-7-14/h6-13,19,22,29H,1-5H3,(H,30,36). The van der Waals surface area contributed by atoms with Crippen LogP contribution in [-0.2, 0) is 4.79 Å². The third kappa shape index (κ3) is 5.14. The third-order valence-corrected chi connectivity index (χ3v) is 6.70. The van der Waals surface area contributed by atoms with Gasteiger partial charge in [0.1, 0.15) is 16.4 Å². The average molecular weight is 556 g/mol. The van der Waals surface area contributed by atoms with Gasteiger partial charge in [0.2, 0.25) is 11.8 Å². The molecule has 2 aromatic heterocycles. The van der Waals surface area contributed by atoms with Gasteiger partial charge in [0.05, 0.1) is 31.0 Å². The number of carbonyl (C=O) groups excluding carboxylic acids is 1. The van der Waals surface area contributed by atoms with Crippen LogP contribution in [0.2, 0.25) is 10.0 Å². The Kier molecular flexibility index (Phi) is 7.84.